The van der Waals surface area contributed by atoms with Crippen molar-refractivity contribution < 1.29 is 23.5 Å². The standard InChI is InChI=1S/C25H19FN8O4/c26-18-10-30-34-20(25(37)28-9-15-2-4-22-29-13-31-33(22)11-15)7-19(32-23(18)34)24(36)27-8-14-1-3-21-16(5-14)6-17(35)12-38-21/h1-5,7,10-11,13H,6,8-9,12H2,(H,27,36)(H,28,37). The second-order valence-electron chi connectivity index (χ2n) is 8.67. The second kappa shape index (κ2) is 9.35. The van der Waals surface area contributed by atoms with Gasteiger partial charge in [0, 0.05) is 37.3 Å². The maximum Gasteiger partial charge on any atom is 0.270 e. The number of benzene rings is 1. The lowest BCUT2D eigenvalue weighted by molar-refractivity contribution is -0.121. The molecule has 0 saturated carbocycles. The molecule has 1 aliphatic rings. The number of ether oxygens (including phenoxy) is 1. The van der Waals surface area contributed by atoms with Crippen molar-refractivity contribution in [1.29, 1.82) is 0 Å². The summed E-state index contributed by atoms with van der Waals surface area (Å²) < 4.78 is 22.4. The monoisotopic (exact) mass is 514 g/mol. The number of hydrogen-bond donors (Lipinski definition) is 2. The molecule has 4 aromatic heterocycles. The van der Waals surface area contributed by atoms with Crippen molar-refractivity contribution >= 4 is 28.9 Å². The third-order valence-corrected chi connectivity index (χ3v) is 6.04. The number of halogens is 1. The molecule has 0 saturated heterocycles. The third kappa shape index (κ3) is 4.40. The zero-order valence-corrected chi connectivity index (χ0v) is 19.7. The Bertz CT molecular complexity index is 1740. The number of aromatic nitrogens is 6. The number of hydrogen-bond acceptors (Lipinski definition) is 8. The maximum atomic E-state index is 14.4. The van der Waals surface area contributed by atoms with Gasteiger partial charge >= 0.3 is 0 Å². The molecule has 1 aromatic carbocycles. The lowest BCUT2D eigenvalue weighted by Crippen LogP contribution is -2.28. The average molecular weight is 514 g/mol. The van der Waals surface area contributed by atoms with E-state index in [4.69, 9.17) is 4.74 Å². The van der Waals surface area contributed by atoms with E-state index in [9.17, 15) is 18.8 Å². The molecule has 1 aliphatic heterocycles. The van der Waals surface area contributed by atoms with Gasteiger partial charge in [0.05, 0.1) is 6.20 Å². The van der Waals surface area contributed by atoms with Crippen molar-refractivity contribution in [2.24, 2.45) is 0 Å². The first-order valence-electron chi connectivity index (χ1n) is 11.6. The molecule has 5 heterocycles. The number of ketones is 1. The molecule has 0 unspecified atom stereocenters. The molecular weight excluding hydrogens is 495 g/mol. The predicted molar refractivity (Wildman–Crippen MR) is 129 cm³/mol. The molecule has 5 aromatic rings. The first kappa shape index (κ1) is 23.2. The second-order valence-corrected chi connectivity index (χ2v) is 8.67. The van der Waals surface area contributed by atoms with Crippen LogP contribution in [0.25, 0.3) is 11.3 Å². The smallest absolute Gasteiger partial charge is 0.270 e. The van der Waals surface area contributed by atoms with E-state index in [1.54, 1.807) is 41.0 Å². The van der Waals surface area contributed by atoms with Gasteiger partial charge in [-0.25, -0.2) is 23.4 Å². The van der Waals surface area contributed by atoms with Gasteiger partial charge in [-0.2, -0.15) is 10.2 Å². The van der Waals surface area contributed by atoms with E-state index >= 15 is 0 Å². The summed E-state index contributed by atoms with van der Waals surface area (Å²) in [6.07, 6.45) is 4.34. The number of pyridine rings is 1. The van der Waals surface area contributed by atoms with Crippen LogP contribution in [0.15, 0.2) is 55.1 Å². The molecule has 0 bridgehead atoms. The van der Waals surface area contributed by atoms with Crippen LogP contribution >= 0.6 is 0 Å². The summed E-state index contributed by atoms with van der Waals surface area (Å²) in [7, 11) is 0. The van der Waals surface area contributed by atoms with Gasteiger partial charge in [-0.3, -0.25) is 14.4 Å². The minimum absolute atomic E-state index is 0.0243. The Hall–Kier alpha value is -5.20. The highest BCUT2D eigenvalue weighted by Crippen LogP contribution is 2.24. The minimum atomic E-state index is -0.773. The fraction of sp³-hybridized carbons (Fsp3) is 0.160. The van der Waals surface area contributed by atoms with Crippen molar-refractivity contribution in [3.05, 3.63) is 89.0 Å². The first-order valence-corrected chi connectivity index (χ1v) is 11.6. The predicted octanol–water partition coefficient (Wildman–Crippen LogP) is 1.28. The number of Topliss-reactive ketones (excluding diaryl/α,β-unsaturated/α-hetero) is 1. The van der Waals surface area contributed by atoms with Gasteiger partial charge < -0.3 is 15.4 Å². The van der Waals surface area contributed by atoms with Gasteiger partial charge in [-0.05, 0) is 29.3 Å². The van der Waals surface area contributed by atoms with Crippen LogP contribution in [0.3, 0.4) is 0 Å². The molecule has 38 heavy (non-hydrogen) atoms. The Morgan fingerprint density at radius 3 is 2.74 bits per heavy atom. The summed E-state index contributed by atoms with van der Waals surface area (Å²) in [6, 6.07) is 10.1. The van der Waals surface area contributed by atoms with Gasteiger partial charge in [0.15, 0.2) is 22.9 Å². The Balaban J connectivity index is 1.20. The lowest BCUT2D eigenvalue weighted by atomic mass is 10.0. The zero-order chi connectivity index (χ0) is 26.2. The molecule has 0 fully saturated rings. The van der Waals surface area contributed by atoms with Crippen LogP contribution in [0.1, 0.15) is 37.7 Å². The number of rotatable bonds is 6. The van der Waals surface area contributed by atoms with Crippen LogP contribution < -0.4 is 15.4 Å². The van der Waals surface area contributed by atoms with Gasteiger partial charge in [0.1, 0.15) is 30.1 Å². The Labute approximate surface area is 213 Å². The molecule has 6 rings (SSSR count). The molecule has 0 aliphatic carbocycles. The van der Waals surface area contributed by atoms with Crippen molar-refractivity contribution in [1.82, 2.24) is 39.8 Å². The van der Waals surface area contributed by atoms with Crippen LogP contribution in [-0.4, -0.2) is 53.4 Å². The molecule has 0 spiro atoms. The van der Waals surface area contributed by atoms with Gasteiger partial charge in [0.2, 0.25) is 0 Å². The molecule has 2 N–H and O–H groups in total. The Kier molecular flexibility index (Phi) is 5.71. The molecule has 2 amide bonds. The summed E-state index contributed by atoms with van der Waals surface area (Å²) in [5.41, 5.74) is 2.44. The van der Waals surface area contributed by atoms with E-state index in [0.717, 1.165) is 27.4 Å². The number of carbonyl (C=O) groups is 3. The van der Waals surface area contributed by atoms with Crippen LogP contribution in [0.5, 0.6) is 5.75 Å². The number of carbonyl (C=O) groups excluding carboxylic acids is 3. The largest absolute Gasteiger partial charge is 0.486 e. The van der Waals surface area contributed by atoms with Crippen LogP contribution in [0.4, 0.5) is 4.39 Å². The van der Waals surface area contributed by atoms with Gasteiger partial charge in [-0.1, -0.05) is 12.1 Å². The van der Waals surface area contributed by atoms with E-state index in [0.29, 0.717) is 11.4 Å². The van der Waals surface area contributed by atoms with E-state index < -0.39 is 17.6 Å². The maximum absolute atomic E-state index is 14.4. The Morgan fingerprint density at radius 2 is 1.84 bits per heavy atom. The van der Waals surface area contributed by atoms with Gasteiger partial charge in [0.25, 0.3) is 11.8 Å². The van der Waals surface area contributed by atoms with Crippen LogP contribution in [0.2, 0.25) is 0 Å². The number of fused-ring (bicyclic) bond motifs is 3. The summed E-state index contributed by atoms with van der Waals surface area (Å²) >= 11 is 0. The lowest BCUT2D eigenvalue weighted by Gasteiger charge is -2.17. The zero-order valence-electron chi connectivity index (χ0n) is 19.7. The SMILES string of the molecule is O=C1COc2ccc(CNC(=O)c3cc(C(=O)NCc4ccc5ncnn5c4)n4ncc(F)c4n3)cc2C1. The van der Waals surface area contributed by atoms with Gasteiger partial charge in [-0.15, -0.1) is 0 Å². The molecule has 13 heteroatoms. The summed E-state index contributed by atoms with van der Waals surface area (Å²) in [5, 5.41) is 13.4. The van der Waals surface area contributed by atoms with Crippen molar-refractivity contribution in [3.8, 4) is 5.75 Å². The quantitative estimate of drug-likeness (QED) is 0.345. The Morgan fingerprint density at radius 1 is 1.03 bits per heavy atom. The summed E-state index contributed by atoms with van der Waals surface area (Å²) in [4.78, 5) is 45.8. The van der Waals surface area contributed by atoms with Crippen LogP contribution in [-0.2, 0) is 24.3 Å². The normalized spacial score (nSPS) is 12.8. The minimum Gasteiger partial charge on any atom is -0.486 e. The average Bonchev–Trinajstić information content (AvgIpc) is 3.55. The van der Waals surface area contributed by atoms with Crippen molar-refractivity contribution in [2.45, 2.75) is 19.5 Å². The number of amides is 2. The van der Waals surface area contributed by atoms with Crippen molar-refractivity contribution in [2.75, 3.05) is 6.61 Å². The van der Waals surface area contributed by atoms with E-state index in [1.807, 2.05) is 0 Å². The third-order valence-electron chi connectivity index (χ3n) is 6.04. The van der Waals surface area contributed by atoms with Crippen LogP contribution in [0, 0.1) is 5.82 Å². The molecular formula is C25H19FN8O4. The number of nitrogens with one attached hydrogen (secondary N) is 2. The molecule has 12 nitrogen and oxygen atoms in total. The fourth-order valence-electron chi connectivity index (χ4n) is 4.17. The van der Waals surface area contributed by atoms with Crippen molar-refractivity contribution in [3.63, 3.8) is 0 Å². The highest BCUT2D eigenvalue weighted by Gasteiger charge is 2.21. The fourth-order valence-corrected chi connectivity index (χ4v) is 4.17. The highest BCUT2D eigenvalue weighted by molar-refractivity contribution is 5.98. The highest BCUT2D eigenvalue weighted by atomic mass is 19.1. The van der Waals surface area contributed by atoms with E-state index in [1.165, 1.54) is 12.4 Å². The van der Waals surface area contributed by atoms with E-state index in [-0.39, 0.29) is 48.9 Å². The summed E-state index contributed by atoms with van der Waals surface area (Å²) in [6.45, 7) is 0.324. The molecule has 190 valence electrons. The molecule has 0 atom stereocenters. The summed E-state index contributed by atoms with van der Waals surface area (Å²) in [5.74, 6) is -1.34. The molecule has 0 radical (unpaired) electrons. The number of nitrogens with zero attached hydrogens (tertiary/aromatic N) is 6. The van der Waals surface area contributed by atoms with E-state index in [2.05, 4.69) is 30.8 Å². The topological polar surface area (TPSA) is 145 Å². The first-order chi connectivity index (χ1) is 18.4.